The maximum absolute atomic E-state index is 9.01. The van der Waals surface area contributed by atoms with Gasteiger partial charge in [-0.15, -0.1) is 0 Å². The molecule has 1 fully saturated rings. The monoisotopic (exact) mass is 202 g/mol. The van der Waals surface area contributed by atoms with Crippen LogP contribution in [-0.4, -0.2) is 36.1 Å². The average Bonchev–Trinajstić information content (AvgIpc) is 2.23. The van der Waals surface area contributed by atoms with Gasteiger partial charge in [0.1, 0.15) is 0 Å². The summed E-state index contributed by atoms with van der Waals surface area (Å²) in [5, 5.41) is 18.0. The minimum Gasteiger partial charge on any atom is -0.396 e. The number of aliphatic hydroxyl groups excluding tert-OH is 2. The smallest absolute Gasteiger partial charge is 0.0647 e. The highest BCUT2D eigenvalue weighted by Crippen LogP contribution is 2.26. The summed E-state index contributed by atoms with van der Waals surface area (Å²) in [5.74, 6) is 0.604. The van der Waals surface area contributed by atoms with Crippen molar-refractivity contribution in [2.45, 2.75) is 38.7 Å². The first-order valence-corrected chi connectivity index (χ1v) is 5.65. The van der Waals surface area contributed by atoms with E-state index in [1.807, 2.05) is 0 Å². The summed E-state index contributed by atoms with van der Waals surface area (Å²) in [5.41, 5.74) is 0. The van der Waals surface area contributed by atoms with E-state index in [1.54, 1.807) is 0 Å². The Kier molecular flexibility index (Phi) is 5.45. The number of hydrogen-bond donors (Lipinski definition) is 2. The molecule has 0 amide bonds. The van der Waals surface area contributed by atoms with Crippen LogP contribution in [0.4, 0.5) is 0 Å². The predicted molar refractivity (Wildman–Crippen MR) is 55.0 cm³/mol. The van der Waals surface area contributed by atoms with Gasteiger partial charge < -0.3 is 14.9 Å². The van der Waals surface area contributed by atoms with Crippen LogP contribution in [0, 0.1) is 11.8 Å². The van der Waals surface area contributed by atoms with Gasteiger partial charge >= 0.3 is 0 Å². The first-order chi connectivity index (χ1) is 6.81. The van der Waals surface area contributed by atoms with Gasteiger partial charge in [0.2, 0.25) is 0 Å². The molecule has 1 saturated heterocycles. The van der Waals surface area contributed by atoms with Crippen LogP contribution < -0.4 is 0 Å². The zero-order chi connectivity index (χ0) is 10.4. The Morgan fingerprint density at radius 1 is 1.29 bits per heavy atom. The molecule has 1 aliphatic heterocycles. The fourth-order valence-electron chi connectivity index (χ4n) is 2.13. The van der Waals surface area contributed by atoms with Crippen molar-refractivity contribution in [3.05, 3.63) is 0 Å². The van der Waals surface area contributed by atoms with Crippen molar-refractivity contribution in [1.29, 1.82) is 0 Å². The minimum atomic E-state index is -0.0856. The van der Waals surface area contributed by atoms with Crippen molar-refractivity contribution in [2.75, 3.05) is 19.8 Å². The van der Waals surface area contributed by atoms with Gasteiger partial charge in [-0.25, -0.2) is 0 Å². The van der Waals surface area contributed by atoms with Crippen molar-refractivity contribution in [3.8, 4) is 0 Å². The fourth-order valence-corrected chi connectivity index (χ4v) is 2.13. The molecule has 0 bridgehead atoms. The van der Waals surface area contributed by atoms with Gasteiger partial charge in [0.25, 0.3) is 0 Å². The molecule has 1 heterocycles. The van der Waals surface area contributed by atoms with Gasteiger partial charge in [-0.1, -0.05) is 13.3 Å². The molecule has 84 valence electrons. The van der Waals surface area contributed by atoms with E-state index in [0.29, 0.717) is 5.92 Å². The topological polar surface area (TPSA) is 49.7 Å². The van der Waals surface area contributed by atoms with E-state index in [0.717, 1.165) is 13.0 Å². The van der Waals surface area contributed by atoms with Gasteiger partial charge in [-0.3, -0.25) is 0 Å². The van der Waals surface area contributed by atoms with Crippen LogP contribution >= 0.6 is 0 Å². The van der Waals surface area contributed by atoms with E-state index >= 15 is 0 Å². The van der Waals surface area contributed by atoms with E-state index < -0.39 is 0 Å². The summed E-state index contributed by atoms with van der Waals surface area (Å²) in [7, 11) is 0. The lowest BCUT2D eigenvalue weighted by Gasteiger charge is -2.32. The molecule has 3 nitrogen and oxygen atoms in total. The van der Waals surface area contributed by atoms with Crippen LogP contribution in [0.25, 0.3) is 0 Å². The highest BCUT2D eigenvalue weighted by molar-refractivity contribution is 4.75. The average molecular weight is 202 g/mol. The molecule has 14 heavy (non-hydrogen) atoms. The second-order valence-electron chi connectivity index (χ2n) is 4.23. The predicted octanol–water partition coefficient (Wildman–Crippen LogP) is 1.18. The largest absolute Gasteiger partial charge is 0.396 e. The second kappa shape index (κ2) is 6.38. The number of aliphatic hydroxyl groups is 2. The molecular weight excluding hydrogens is 180 g/mol. The van der Waals surface area contributed by atoms with Crippen molar-refractivity contribution in [2.24, 2.45) is 11.8 Å². The van der Waals surface area contributed by atoms with Crippen LogP contribution in [0.1, 0.15) is 32.6 Å². The highest BCUT2D eigenvalue weighted by Gasteiger charge is 2.27. The van der Waals surface area contributed by atoms with Crippen molar-refractivity contribution >= 4 is 0 Å². The first-order valence-electron chi connectivity index (χ1n) is 5.65. The Morgan fingerprint density at radius 3 is 2.43 bits per heavy atom. The molecule has 1 aliphatic rings. The standard InChI is InChI=1S/C11H22O3/c1-2-3-9-4-5-11(14-8-9)10(6-12)7-13/h9-13H,2-8H2,1H3. The van der Waals surface area contributed by atoms with Gasteiger partial charge in [0.05, 0.1) is 19.3 Å². The summed E-state index contributed by atoms with van der Waals surface area (Å²) in [6.45, 7) is 3.05. The molecule has 2 N–H and O–H groups in total. The fraction of sp³-hybridized carbons (Fsp3) is 1.00. The third-order valence-corrected chi connectivity index (χ3v) is 3.10. The van der Waals surface area contributed by atoms with Crippen LogP contribution in [0.3, 0.4) is 0 Å². The Morgan fingerprint density at radius 2 is 2.00 bits per heavy atom. The van der Waals surface area contributed by atoms with Gasteiger partial charge in [0.15, 0.2) is 0 Å². The summed E-state index contributed by atoms with van der Waals surface area (Å²) in [6.07, 6.45) is 4.67. The summed E-state index contributed by atoms with van der Waals surface area (Å²) >= 11 is 0. The van der Waals surface area contributed by atoms with Gasteiger partial charge in [-0.2, -0.15) is 0 Å². The molecule has 2 atom stereocenters. The van der Waals surface area contributed by atoms with Crippen molar-refractivity contribution in [1.82, 2.24) is 0 Å². The molecule has 3 heteroatoms. The third kappa shape index (κ3) is 3.23. The SMILES string of the molecule is CCCC1CCC(C(CO)CO)OC1. The number of ether oxygens (including phenoxy) is 1. The minimum absolute atomic E-state index is 0.0274. The maximum Gasteiger partial charge on any atom is 0.0647 e. The lowest BCUT2D eigenvalue weighted by molar-refractivity contribution is -0.0721. The highest BCUT2D eigenvalue weighted by atomic mass is 16.5. The van der Waals surface area contributed by atoms with E-state index in [9.17, 15) is 0 Å². The summed E-state index contributed by atoms with van der Waals surface area (Å²) in [4.78, 5) is 0. The lowest BCUT2D eigenvalue weighted by Crippen LogP contribution is -2.35. The zero-order valence-corrected chi connectivity index (χ0v) is 8.98. The molecule has 1 rings (SSSR count). The van der Waals surface area contributed by atoms with Crippen molar-refractivity contribution in [3.63, 3.8) is 0 Å². The molecular formula is C11H22O3. The van der Waals surface area contributed by atoms with Crippen molar-refractivity contribution < 1.29 is 14.9 Å². The van der Waals surface area contributed by atoms with Crippen LogP contribution in [0.2, 0.25) is 0 Å². The molecule has 0 aromatic rings. The molecule has 0 aromatic carbocycles. The summed E-state index contributed by atoms with van der Waals surface area (Å²) < 4.78 is 5.67. The van der Waals surface area contributed by atoms with E-state index in [-0.39, 0.29) is 25.2 Å². The molecule has 0 radical (unpaired) electrons. The van der Waals surface area contributed by atoms with Gasteiger partial charge in [-0.05, 0) is 25.2 Å². The quantitative estimate of drug-likeness (QED) is 0.704. The Hall–Kier alpha value is -0.120. The number of rotatable bonds is 5. The van der Waals surface area contributed by atoms with Crippen LogP contribution in [-0.2, 0) is 4.74 Å². The Bertz CT molecular complexity index is 137. The number of hydrogen-bond acceptors (Lipinski definition) is 3. The molecule has 0 saturated carbocycles. The maximum atomic E-state index is 9.01. The van der Waals surface area contributed by atoms with Crippen LogP contribution in [0.5, 0.6) is 0 Å². The normalized spacial score (nSPS) is 28.3. The summed E-state index contributed by atoms with van der Waals surface area (Å²) in [6, 6.07) is 0. The van der Waals surface area contributed by atoms with Crippen LogP contribution in [0.15, 0.2) is 0 Å². The Labute approximate surface area is 86.1 Å². The molecule has 0 aliphatic carbocycles. The molecule has 0 spiro atoms. The van der Waals surface area contributed by atoms with E-state index in [4.69, 9.17) is 14.9 Å². The van der Waals surface area contributed by atoms with Gasteiger partial charge in [0, 0.05) is 12.5 Å². The Balaban J connectivity index is 2.27. The molecule has 0 aromatic heterocycles. The third-order valence-electron chi connectivity index (χ3n) is 3.10. The molecule has 2 unspecified atom stereocenters. The lowest BCUT2D eigenvalue weighted by atomic mass is 9.90. The second-order valence-corrected chi connectivity index (χ2v) is 4.23. The van der Waals surface area contributed by atoms with E-state index in [2.05, 4.69) is 6.92 Å². The van der Waals surface area contributed by atoms with E-state index in [1.165, 1.54) is 19.3 Å². The zero-order valence-electron chi connectivity index (χ0n) is 8.98. The first kappa shape index (κ1) is 12.0.